The first-order chi connectivity index (χ1) is 16.1. The zero-order valence-electron chi connectivity index (χ0n) is 18.2. The van der Waals surface area contributed by atoms with Crippen molar-refractivity contribution in [2.45, 2.75) is 11.4 Å². The average molecular weight is 527 g/mol. The minimum absolute atomic E-state index is 0.0909. The van der Waals surface area contributed by atoms with Gasteiger partial charge in [-0.25, -0.2) is 12.8 Å². The van der Waals surface area contributed by atoms with E-state index in [-0.39, 0.29) is 39.2 Å². The summed E-state index contributed by atoms with van der Waals surface area (Å²) in [6, 6.07) is 14.1. The van der Waals surface area contributed by atoms with Crippen LogP contribution in [-0.4, -0.2) is 39.4 Å². The van der Waals surface area contributed by atoms with E-state index in [0.717, 1.165) is 4.31 Å². The van der Waals surface area contributed by atoms with Crippen LogP contribution >= 0.6 is 23.2 Å². The van der Waals surface area contributed by atoms with E-state index in [1.807, 2.05) is 0 Å². The largest absolute Gasteiger partial charge is 0.495 e. The first-order valence-electron chi connectivity index (χ1n) is 9.86. The van der Waals surface area contributed by atoms with Gasteiger partial charge < -0.3 is 14.8 Å². The van der Waals surface area contributed by atoms with Crippen molar-refractivity contribution in [3.63, 3.8) is 0 Å². The lowest BCUT2D eigenvalue weighted by Crippen LogP contribution is -2.37. The molecule has 0 aliphatic heterocycles. The average Bonchev–Trinajstić information content (AvgIpc) is 2.81. The molecule has 34 heavy (non-hydrogen) atoms. The SMILES string of the molecule is COc1cc(NC(=O)CN(Cc2ccccc2F)S(=O)(=O)c2ccc(Cl)cc2)c(OC)cc1Cl. The number of anilines is 1. The second-order valence-electron chi connectivity index (χ2n) is 7.05. The van der Waals surface area contributed by atoms with Crippen LogP contribution in [0.3, 0.4) is 0 Å². The molecule has 1 N–H and O–H groups in total. The maximum atomic E-state index is 14.3. The van der Waals surface area contributed by atoms with Crippen LogP contribution in [0.25, 0.3) is 0 Å². The van der Waals surface area contributed by atoms with Gasteiger partial charge in [0.25, 0.3) is 0 Å². The first kappa shape index (κ1) is 25.8. The molecule has 7 nitrogen and oxygen atoms in total. The number of rotatable bonds is 9. The van der Waals surface area contributed by atoms with Gasteiger partial charge in [-0.15, -0.1) is 0 Å². The summed E-state index contributed by atoms with van der Waals surface area (Å²) in [6.07, 6.45) is 0. The molecular weight excluding hydrogens is 506 g/mol. The first-order valence-corrected chi connectivity index (χ1v) is 12.1. The van der Waals surface area contributed by atoms with Gasteiger partial charge in [0.1, 0.15) is 17.3 Å². The van der Waals surface area contributed by atoms with E-state index >= 15 is 0 Å². The summed E-state index contributed by atoms with van der Waals surface area (Å²) in [7, 11) is -1.38. The number of nitrogens with one attached hydrogen (secondary N) is 1. The van der Waals surface area contributed by atoms with Gasteiger partial charge >= 0.3 is 0 Å². The number of hydrogen-bond acceptors (Lipinski definition) is 5. The lowest BCUT2D eigenvalue weighted by atomic mass is 10.2. The number of ether oxygens (including phenoxy) is 2. The van der Waals surface area contributed by atoms with Crippen LogP contribution in [0.1, 0.15) is 5.56 Å². The van der Waals surface area contributed by atoms with Crippen molar-refractivity contribution in [1.29, 1.82) is 0 Å². The number of amides is 1. The van der Waals surface area contributed by atoms with E-state index in [1.165, 1.54) is 68.8 Å². The van der Waals surface area contributed by atoms with E-state index in [4.69, 9.17) is 32.7 Å². The Balaban J connectivity index is 1.93. The molecule has 0 saturated carbocycles. The zero-order valence-corrected chi connectivity index (χ0v) is 20.5. The third-order valence-electron chi connectivity index (χ3n) is 4.82. The summed E-state index contributed by atoms with van der Waals surface area (Å²) < 4.78 is 52.3. The molecule has 0 aromatic heterocycles. The van der Waals surface area contributed by atoms with Crippen LogP contribution in [0.2, 0.25) is 10.0 Å². The molecule has 0 radical (unpaired) electrons. The maximum Gasteiger partial charge on any atom is 0.243 e. The van der Waals surface area contributed by atoms with Crippen LogP contribution < -0.4 is 14.8 Å². The number of halogens is 3. The number of carbonyl (C=O) groups is 1. The number of carbonyl (C=O) groups excluding carboxylic acids is 1. The quantitative estimate of drug-likeness (QED) is 0.425. The summed E-state index contributed by atoms with van der Waals surface area (Å²) >= 11 is 12.0. The van der Waals surface area contributed by atoms with Crippen LogP contribution in [0, 0.1) is 5.82 Å². The molecule has 0 aliphatic carbocycles. The van der Waals surface area contributed by atoms with Gasteiger partial charge in [-0.2, -0.15) is 4.31 Å². The highest BCUT2D eigenvalue weighted by molar-refractivity contribution is 7.89. The minimum Gasteiger partial charge on any atom is -0.495 e. The molecule has 11 heteroatoms. The van der Waals surface area contributed by atoms with Crippen molar-refractivity contribution in [3.8, 4) is 11.5 Å². The van der Waals surface area contributed by atoms with Gasteiger partial charge in [-0.05, 0) is 30.3 Å². The number of hydrogen-bond donors (Lipinski definition) is 1. The Bertz CT molecular complexity index is 1290. The lowest BCUT2D eigenvalue weighted by molar-refractivity contribution is -0.116. The van der Waals surface area contributed by atoms with E-state index in [2.05, 4.69) is 5.32 Å². The summed E-state index contributed by atoms with van der Waals surface area (Å²) in [4.78, 5) is 12.8. The number of nitrogens with zero attached hydrogens (tertiary/aromatic N) is 1. The number of sulfonamides is 1. The summed E-state index contributed by atoms with van der Waals surface area (Å²) in [5, 5.41) is 3.22. The highest BCUT2D eigenvalue weighted by atomic mass is 35.5. The number of methoxy groups -OCH3 is 2. The van der Waals surface area contributed by atoms with Crippen LogP contribution in [0.5, 0.6) is 11.5 Å². The van der Waals surface area contributed by atoms with Crippen LogP contribution in [-0.2, 0) is 21.4 Å². The van der Waals surface area contributed by atoms with E-state index in [1.54, 1.807) is 6.07 Å². The van der Waals surface area contributed by atoms with E-state index in [0.29, 0.717) is 5.02 Å². The molecule has 1 amide bonds. The highest BCUT2D eigenvalue weighted by Crippen LogP contribution is 2.36. The van der Waals surface area contributed by atoms with Crippen LogP contribution in [0.4, 0.5) is 10.1 Å². The van der Waals surface area contributed by atoms with Crippen molar-refractivity contribution >= 4 is 44.8 Å². The predicted molar refractivity (Wildman–Crippen MR) is 129 cm³/mol. The normalized spacial score (nSPS) is 11.4. The molecule has 0 saturated heterocycles. The van der Waals surface area contributed by atoms with Gasteiger partial charge in [0.05, 0.1) is 36.4 Å². The second kappa shape index (κ2) is 11.1. The fraction of sp³-hybridized carbons (Fsp3) is 0.174. The Kier molecular flexibility index (Phi) is 8.37. The Morgan fingerprint density at radius 2 is 1.65 bits per heavy atom. The van der Waals surface area contributed by atoms with Crippen molar-refractivity contribution in [1.82, 2.24) is 4.31 Å². The smallest absolute Gasteiger partial charge is 0.243 e. The predicted octanol–water partition coefficient (Wildman–Crippen LogP) is 4.98. The fourth-order valence-corrected chi connectivity index (χ4v) is 4.84. The van der Waals surface area contributed by atoms with Crippen molar-refractivity contribution in [2.24, 2.45) is 0 Å². The van der Waals surface area contributed by atoms with E-state index < -0.39 is 28.3 Å². The number of benzene rings is 3. The third-order valence-corrected chi connectivity index (χ3v) is 7.18. The van der Waals surface area contributed by atoms with Crippen molar-refractivity contribution < 1.29 is 27.1 Å². The molecule has 0 spiro atoms. The lowest BCUT2D eigenvalue weighted by Gasteiger charge is -2.22. The summed E-state index contributed by atoms with van der Waals surface area (Å²) in [6.45, 7) is -0.973. The molecule has 3 aromatic carbocycles. The Morgan fingerprint density at radius 1 is 1.00 bits per heavy atom. The Hall–Kier alpha value is -2.85. The van der Waals surface area contributed by atoms with E-state index in [9.17, 15) is 17.6 Å². The zero-order chi connectivity index (χ0) is 24.9. The molecule has 0 bridgehead atoms. The van der Waals surface area contributed by atoms with Crippen LogP contribution in [0.15, 0.2) is 65.6 Å². The topological polar surface area (TPSA) is 84.9 Å². The Labute approximate surface area is 207 Å². The maximum absolute atomic E-state index is 14.3. The molecule has 0 heterocycles. The summed E-state index contributed by atoms with van der Waals surface area (Å²) in [5.41, 5.74) is 0.335. The van der Waals surface area contributed by atoms with Crippen molar-refractivity contribution in [3.05, 3.63) is 82.1 Å². The van der Waals surface area contributed by atoms with Gasteiger partial charge in [0, 0.05) is 29.3 Å². The molecule has 0 unspecified atom stereocenters. The molecule has 3 rings (SSSR count). The third kappa shape index (κ3) is 5.98. The Morgan fingerprint density at radius 3 is 2.26 bits per heavy atom. The summed E-state index contributed by atoms with van der Waals surface area (Å²) in [5.74, 6) is -0.741. The second-order valence-corrected chi connectivity index (χ2v) is 9.84. The van der Waals surface area contributed by atoms with Gasteiger partial charge in [-0.1, -0.05) is 41.4 Å². The standard InChI is InChI=1S/C23H21Cl2FN2O5S/c1-32-21-12-20(22(33-2)11-18(21)25)27-23(29)14-28(13-15-5-3-4-6-19(15)26)34(30,31)17-9-7-16(24)8-10-17/h3-12H,13-14H2,1-2H3,(H,27,29). The monoisotopic (exact) mass is 526 g/mol. The van der Waals surface area contributed by atoms with Gasteiger partial charge in [0.2, 0.25) is 15.9 Å². The van der Waals surface area contributed by atoms with Gasteiger partial charge in [0.15, 0.2) is 0 Å². The van der Waals surface area contributed by atoms with Gasteiger partial charge in [-0.3, -0.25) is 4.79 Å². The molecule has 0 aliphatic rings. The molecule has 3 aromatic rings. The molecular formula is C23H21Cl2FN2O5S. The highest BCUT2D eigenvalue weighted by Gasteiger charge is 2.28. The fourth-order valence-electron chi connectivity index (χ4n) is 3.11. The minimum atomic E-state index is -4.19. The molecule has 180 valence electrons. The molecule has 0 atom stereocenters. The molecule has 0 fully saturated rings. The van der Waals surface area contributed by atoms with Crippen molar-refractivity contribution in [2.75, 3.05) is 26.1 Å².